The van der Waals surface area contributed by atoms with Gasteiger partial charge in [0, 0.05) is 39.8 Å². The zero-order valence-electron chi connectivity index (χ0n) is 18.2. The summed E-state index contributed by atoms with van der Waals surface area (Å²) in [5, 5.41) is 7.45. The molecule has 2 heterocycles. The molecule has 1 aromatic carbocycles. The molecule has 1 aliphatic rings. The monoisotopic (exact) mass is 399 g/mol. The van der Waals surface area contributed by atoms with Crippen molar-refractivity contribution in [3.63, 3.8) is 0 Å². The van der Waals surface area contributed by atoms with Crippen LogP contribution in [0, 0.1) is 13.8 Å². The summed E-state index contributed by atoms with van der Waals surface area (Å²) in [6.45, 7) is 13.2. The molecule has 0 unspecified atom stereocenters. The predicted molar refractivity (Wildman–Crippen MR) is 115 cm³/mol. The smallest absolute Gasteiger partial charge is 0.241 e. The molecule has 158 valence electrons. The number of aryl methyl sites for hydroxylation is 2. The van der Waals surface area contributed by atoms with Crippen LogP contribution in [0.15, 0.2) is 24.3 Å². The minimum Gasteiger partial charge on any atom is -0.494 e. The Kier molecular flexibility index (Phi) is 6.92. The molecule has 0 spiro atoms. The molecular formula is C22H33N5O2. The van der Waals surface area contributed by atoms with Crippen LogP contribution in [0.4, 0.5) is 5.69 Å². The van der Waals surface area contributed by atoms with Crippen molar-refractivity contribution in [1.29, 1.82) is 0 Å². The Balaban J connectivity index is 1.49. The molecule has 1 atom stereocenters. The van der Waals surface area contributed by atoms with Gasteiger partial charge in [0.2, 0.25) is 5.91 Å². The van der Waals surface area contributed by atoms with Crippen LogP contribution >= 0.6 is 0 Å². The zero-order valence-corrected chi connectivity index (χ0v) is 18.2. The van der Waals surface area contributed by atoms with Crippen LogP contribution in [0.2, 0.25) is 0 Å². The highest BCUT2D eigenvalue weighted by Crippen LogP contribution is 2.20. The number of nitrogens with zero attached hydrogens (tertiary/aromatic N) is 4. The number of piperazine rings is 1. The van der Waals surface area contributed by atoms with E-state index in [4.69, 9.17) is 4.74 Å². The van der Waals surface area contributed by atoms with Gasteiger partial charge in [-0.15, -0.1) is 0 Å². The Bertz CT molecular complexity index is 822. The lowest BCUT2D eigenvalue weighted by atomic mass is 10.1. The molecule has 1 amide bonds. The van der Waals surface area contributed by atoms with Crippen LogP contribution < -0.4 is 10.1 Å². The molecule has 0 radical (unpaired) electrons. The summed E-state index contributed by atoms with van der Waals surface area (Å²) in [7, 11) is 1.89. The number of carbonyl (C=O) groups excluding carboxylic acids is 1. The number of nitrogens with one attached hydrogen (secondary N) is 1. The Morgan fingerprint density at radius 2 is 1.83 bits per heavy atom. The van der Waals surface area contributed by atoms with Gasteiger partial charge in [0.05, 0.1) is 29.7 Å². The lowest BCUT2D eigenvalue weighted by Crippen LogP contribution is -2.52. The van der Waals surface area contributed by atoms with E-state index >= 15 is 0 Å². The van der Waals surface area contributed by atoms with E-state index in [-0.39, 0.29) is 11.9 Å². The molecule has 0 bridgehead atoms. The van der Waals surface area contributed by atoms with Crippen molar-refractivity contribution < 1.29 is 9.53 Å². The molecule has 2 aromatic rings. The van der Waals surface area contributed by atoms with Crippen molar-refractivity contribution in [2.45, 2.75) is 40.3 Å². The molecule has 7 heteroatoms. The number of hydrogen-bond acceptors (Lipinski definition) is 5. The van der Waals surface area contributed by atoms with Gasteiger partial charge in [0.1, 0.15) is 5.75 Å². The number of anilines is 1. The van der Waals surface area contributed by atoms with Gasteiger partial charge in [-0.05, 0) is 45.4 Å². The summed E-state index contributed by atoms with van der Waals surface area (Å²) in [4.78, 5) is 17.5. The van der Waals surface area contributed by atoms with Gasteiger partial charge in [-0.2, -0.15) is 5.10 Å². The third-order valence-electron chi connectivity index (χ3n) is 5.73. The molecule has 1 aromatic heterocycles. The van der Waals surface area contributed by atoms with E-state index in [0.29, 0.717) is 6.61 Å². The van der Waals surface area contributed by atoms with Gasteiger partial charge >= 0.3 is 0 Å². The molecule has 1 aliphatic heterocycles. The molecule has 1 fully saturated rings. The number of ether oxygens (including phenoxy) is 1. The number of aromatic nitrogens is 2. The molecule has 29 heavy (non-hydrogen) atoms. The standard InChI is InChI=1S/C22H33N5O2/c1-6-29-20-9-7-19(8-10-20)15-26-11-13-27(14-12-26)18(4)22(28)23-21-16(2)24-25(5)17(21)3/h7-10,18H,6,11-15H2,1-5H3,(H,23,28)/t18-/m0/s1. The first-order valence-electron chi connectivity index (χ1n) is 10.4. The Morgan fingerprint density at radius 3 is 2.38 bits per heavy atom. The summed E-state index contributed by atoms with van der Waals surface area (Å²) in [6, 6.07) is 8.16. The van der Waals surface area contributed by atoms with Crippen LogP contribution in [0.25, 0.3) is 0 Å². The first kappa shape index (κ1) is 21.3. The lowest BCUT2D eigenvalue weighted by Gasteiger charge is -2.37. The third-order valence-corrected chi connectivity index (χ3v) is 5.73. The largest absolute Gasteiger partial charge is 0.494 e. The molecule has 1 saturated heterocycles. The summed E-state index contributed by atoms with van der Waals surface area (Å²) in [5.74, 6) is 0.948. The van der Waals surface area contributed by atoms with Crippen molar-refractivity contribution in [2.24, 2.45) is 7.05 Å². The SMILES string of the molecule is CCOc1ccc(CN2CCN([C@@H](C)C(=O)Nc3c(C)nn(C)c3C)CC2)cc1. The number of rotatable bonds is 7. The van der Waals surface area contributed by atoms with Crippen molar-refractivity contribution >= 4 is 11.6 Å². The van der Waals surface area contributed by atoms with E-state index in [0.717, 1.165) is 55.5 Å². The maximum absolute atomic E-state index is 12.8. The normalized spacial score (nSPS) is 16.6. The number of benzene rings is 1. The van der Waals surface area contributed by atoms with E-state index in [9.17, 15) is 4.79 Å². The van der Waals surface area contributed by atoms with Crippen LogP contribution in [-0.2, 0) is 18.4 Å². The molecule has 7 nitrogen and oxygen atoms in total. The van der Waals surface area contributed by atoms with Gasteiger partial charge in [0.25, 0.3) is 0 Å². The van der Waals surface area contributed by atoms with Crippen LogP contribution in [0.3, 0.4) is 0 Å². The van der Waals surface area contributed by atoms with Crippen molar-refractivity contribution in [1.82, 2.24) is 19.6 Å². The van der Waals surface area contributed by atoms with Gasteiger partial charge in [-0.25, -0.2) is 0 Å². The Hall–Kier alpha value is -2.38. The highest BCUT2D eigenvalue weighted by molar-refractivity contribution is 5.95. The molecule has 1 N–H and O–H groups in total. The average molecular weight is 400 g/mol. The summed E-state index contributed by atoms with van der Waals surface area (Å²) in [6.07, 6.45) is 0. The van der Waals surface area contributed by atoms with E-state index < -0.39 is 0 Å². The first-order valence-corrected chi connectivity index (χ1v) is 10.4. The molecule has 3 rings (SSSR count). The minimum absolute atomic E-state index is 0.0316. The third kappa shape index (κ3) is 5.16. The highest BCUT2D eigenvalue weighted by Gasteiger charge is 2.26. The average Bonchev–Trinajstić information content (AvgIpc) is 2.95. The topological polar surface area (TPSA) is 62.6 Å². The molecular weight excluding hydrogens is 366 g/mol. The minimum atomic E-state index is -0.165. The quantitative estimate of drug-likeness (QED) is 0.775. The summed E-state index contributed by atoms with van der Waals surface area (Å²) < 4.78 is 7.31. The van der Waals surface area contributed by atoms with Crippen molar-refractivity contribution in [3.05, 3.63) is 41.2 Å². The van der Waals surface area contributed by atoms with E-state index in [2.05, 4.69) is 32.3 Å². The molecule has 0 aliphatic carbocycles. The summed E-state index contributed by atoms with van der Waals surface area (Å²) >= 11 is 0. The zero-order chi connectivity index (χ0) is 21.0. The van der Waals surface area contributed by atoms with Gasteiger partial charge in [0.15, 0.2) is 0 Å². The number of carbonyl (C=O) groups is 1. The second kappa shape index (κ2) is 9.41. The predicted octanol–water partition coefficient (Wildman–Crippen LogP) is 2.58. The van der Waals surface area contributed by atoms with E-state index in [1.807, 2.05) is 46.9 Å². The number of hydrogen-bond donors (Lipinski definition) is 1. The number of amides is 1. The maximum atomic E-state index is 12.8. The van der Waals surface area contributed by atoms with Crippen molar-refractivity contribution in [2.75, 3.05) is 38.1 Å². The van der Waals surface area contributed by atoms with E-state index in [1.165, 1.54) is 5.56 Å². The lowest BCUT2D eigenvalue weighted by molar-refractivity contribution is -0.121. The van der Waals surface area contributed by atoms with Crippen LogP contribution in [-0.4, -0.2) is 64.3 Å². The fraction of sp³-hybridized carbons (Fsp3) is 0.545. The highest BCUT2D eigenvalue weighted by atomic mass is 16.5. The van der Waals surface area contributed by atoms with Gasteiger partial charge in [-0.1, -0.05) is 12.1 Å². The van der Waals surface area contributed by atoms with E-state index in [1.54, 1.807) is 4.68 Å². The van der Waals surface area contributed by atoms with Gasteiger partial charge < -0.3 is 10.1 Å². The fourth-order valence-electron chi connectivity index (χ4n) is 3.77. The first-order chi connectivity index (χ1) is 13.9. The Labute approximate surface area is 173 Å². The maximum Gasteiger partial charge on any atom is 0.241 e. The second-order valence-corrected chi connectivity index (χ2v) is 7.72. The Morgan fingerprint density at radius 1 is 1.17 bits per heavy atom. The fourth-order valence-corrected chi connectivity index (χ4v) is 3.77. The van der Waals surface area contributed by atoms with Crippen LogP contribution in [0.1, 0.15) is 30.8 Å². The second-order valence-electron chi connectivity index (χ2n) is 7.72. The molecule has 0 saturated carbocycles. The summed E-state index contributed by atoms with van der Waals surface area (Å²) in [5.41, 5.74) is 3.95. The van der Waals surface area contributed by atoms with Gasteiger partial charge in [-0.3, -0.25) is 19.3 Å². The van der Waals surface area contributed by atoms with Crippen molar-refractivity contribution in [3.8, 4) is 5.75 Å². The van der Waals surface area contributed by atoms with Crippen LogP contribution in [0.5, 0.6) is 5.75 Å².